The summed E-state index contributed by atoms with van der Waals surface area (Å²) in [5.41, 5.74) is 0.605. The van der Waals surface area contributed by atoms with E-state index in [0.717, 1.165) is 26.0 Å². The van der Waals surface area contributed by atoms with Crippen molar-refractivity contribution < 1.29 is 17.9 Å². The monoisotopic (exact) mass is 437 g/mol. The van der Waals surface area contributed by atoms with E-state index in [1.807, 2.05) is 0 Å². The van der Waals surface area contributed by atoms with Crippen LogP contribution < -0.4 is 10.5 Å². The molecule has 0 heterocycles. The van der Waals surface area contributed by atoms with Crippen molar-refractivity contribution >= 4 is 21.6 Å². The summed E-state index contributed by atoms with van der Waals surface area (Å²) < 4.78 is 29.2. The van der Waals surface area contributed by atoms with Crippen LogP contribution in [0.15, 0.2) is 29.2 Å². The Morgan fingerprint density at radius 2 is 2.00 bits per heavy atom. The molecule has 0 radical (unpaired) electrons. The van der Waals surface area contributed by atoms with Gasteiger partial charge in [-0.05, 0) is 57.4 Å². The second kappa shape index (κ2) is 9.77. The largest absolute Gasteiger partial charge is 0.378 e. The van der Waals surface area contributed by atoms with Crippen molar-refractivity contribution in [2.75, 3.05) is 25.0 Å². The van der Waals surface area contributed by atoms with Crippen molar-refractivity contribution in [2.45, 2.75) is 75.8 Å². The van der Waals surface area contributed by atoms with E-state index in [-0.39, 0.29) is 16.2 Å². The summed E-state index contributed by atoms with van der Waals surface area (Å²) in [5, 5.41) is 8.04. The standard InChI is InChI=1S/C22H35N3O4S/c1-3-13-25(19-15-20(29-4-2)22(19)11-6-5-7-12-22)16-21(26)24-17-9-8-10-18(14-17)30(23,27)28/h8-10,14,19-20H,3-7,11-13,15-16H2,1-2H3,(H,24,26)(H2,23,27,28). The highest BCUT2D eigenvalue weighted by Gasteiger charge is 2.57. The fraction of sp³-hybridized carbons (Fsp3) is 0.682. The zero-order valence-electron chi connectivity index (χ0n) is 18.1. The van der Waals surface area contributed by atoms with Crippen LogP contribution in [0.1, 0.15) is 58.8 Å². The number of rotatable bonds is 9. The second-order valence-corrected chi connectivity index (χ2v) is 10.1. The maximum atomic E-state index is 12.8. The van der Waals surface area contributed by atoms with Crippen molar-refractivity contribution in [2.24, 2.45) is 10.6 Å². The number of benzene rings is 1. The Kier molecular flexibility index (Phi) is 7.55. The zero-order valence-corrected chi connectivity index (χ0v) is 18.9. The van der Waals surface area contributed by atoms with Gasteiger partial charge < -0.3 is 10.1 Å². The van der Waals surface area contributed by atoms with Crippen LogP contribution in [-0.2, 0) is 19.6 Å². The molecule has 2 atom stereocenters. The average molecular weight is 438 g/mol. The molecule has 1 amide bonds. The van der Waals surface area contributed by atoms with E-state index in [4.69, 9.17) is 9.88 Å². The summed E-state index contributed by atoms with van der Waals surface area (Å²) in [5.74, 6) is -0.138. The minimum absolute atomic E-state index is 0.00887. The molecule has 2 saturated carbocycles. The van der Waals surface area contributed by atoms with Gasteiger partial charge in [-0.25, -0.2) is 13.6 Å². The predicted molar refractivity (Wildman–Crippen MR) is 118 cm³/mol. The molecule has 1 spiro atoms. The average Bonchev–Trinajstić information content (AvgIpc) is 2.71. The van der Waals surface area contributed by atoms with Gasteiger partial charge in [-0.3, -0.25) is 9.69 Å². The molecule has 30 heavy (non-hydrogen) atoms. The molecule has 0 saturated heterocycles. The molecular formula is C22H35N3O4S. The first-order chi connectivity index (χ1) is 14.3. The van der Waals surface area contributed by atoms with Gasteiger partial charge in [-0.1, -0.05) is 32.3 Å². The molecule has 168 valence electrons. The van der Waals surface area contributed by atoms with Gasteiger partial charge in [-0.2, -0.15) is 0 Å². The quantitative estimate of drug-likeness (QED) is 0.618. The number of carbonyl (C=O) groups is 1. The van der Waals surface area contributed by atoms with E-state index < -0.39 is 10.0 Å². The number of sulfonamides is 1. The van der Waals surface area contributed by atoms with Crippen molar-refractivity contribution in [3.05, 3.63) is 24.3 Å². The van der Waals surface area contributed by atoms with Gasteiger partial charge in [0.05, 0.1) is 17.5 Å². The number of primary sulfonamides is 1. The van der Waals surface area contributed by atoms with E-state index in [2.05, 4.69) is 24.1 Å². The Balaban J connectivity index is 1.70. The summed E-state index contributed by atoms with van der Waals surface area (Å²) in [4.78, 5) is 15.1. The Morgan fingerprint density at radius 1 is 1.27 bits per heavy atom. The van der Waals surface area contributed by atoms with Crippen LogP contribution in [0, 0.1) is 5.41 Å². The summed E-state index contributed by atoms with van der Waals surface area (Å²) in [6, 6.07) is 6.43. The molecule has 0 aromatic heterocycles. The van der Waals surface area contributed by atoms with E-state index >= 15 is 0 Å². The SMILES string of the molecule is CCCN(CC(=O)Nc1cccc(S(N)(=O)=O)c1)C1CC(OCC)C12CCCCC2. The first-order valence-corrected chi connectivity index (χ1v) is 12.6. The summed E-state index contributed by atoms with van der Waals surface area (Å²) in [7, 11) is -3.81. The van der Waals surface area contributed by atoms with Gasteiger partial charge in [-0.15, -0.1) is 0 Å². The lowest BCUT2D eigenvalue weighted by Crippen LogP contribution is -2.66. The van der Waals surface area contributed by atoms with Crippen LogP contribution in [0.2, 0.25) is 0 Å². The van der Waals surface area contributed by atoms with Crippen LogP contribution >= 0.6 is 0 Å². The first kappa shape index (κ1) is 23.2. The van der Waals surface area contributed by atoms with E-state index in [1.54, 1.807) is 12.1 Å². The van der Waals surface area contributed by atoms with E-state index in [9.17, 15) is 13.2 Å². The number of anilines is 1. The fourth-order valence-electron chi connectivity index (χ4n) is 5.31. The number of amides is 1. The third-order valence-electron chi connectivity index (χ3n) is 6.64. The number of nitrogens with zero attached hydrogens (tertiary/aromatic N) is 1. The molecule has 2 fully saturated rings. The van der Waals surface area contributed by atoms with Crippen LogP contribution in [0.4, 0.5) is 5.69 Å². The van der Waals surface area contributed by atoms with E-state index in [1.165, 1.54) is 44.2 Å². The van der Waals surface area contributed by atoms with Gasteiger partial charge in [0, 0.05) is 23.8 Å². The van der Waals surface area contributed by atoms with Gasteiger partial charge in [0.25, 0.3) is 0 Å². The predicted octanol–water partition coefficient (Wildman–Crippen LogP) is 3.11. The number of nitrogens with one attached hydrogen (secondary N) is 1. The number of hydrogen-bond acceptors (Lipinski definition) is 5. The smallest absolute Gasteiger partial charge is 0.238 e. The molecule has 1 aromatic rings. The third-order valence-corrected chi connectivity index (χ3v) is 7.55. The summed E-state index contributed by atoms with van der Waals surface area (Å²) in [6.45, 7) is 6.06. The third kappa shape index (κ3) is 5.04. The first-order valence-electron chi connectivity index (χ1n) is 11.1. The number of hydrogen-bond donors (Lipinski definition) is 2. The van der Waals surface area contributed by atoms with E-state index in [0.29, 0.717) is 24.4 Å². The minimum Gasteiger partial charge on any atom is -0.378 e. The lowest BCUT2D eigenvalue weighted by atomic mass is 9.54. The van der Waals surface area contributed by atoms with Gasteiger partial charge in [0.2, 0.25) is 15.9 Å². The maximum Gasteiger partial charge on any atom is 0.238 e. The normalized spacial score (nSPS) is 23.3. The molecule has 0 bridgehead atoms. The Labute approximate surface area is 180 Å². The molecule has 3 rings (SSSR count). The van der Waals surface area contributed by atoms with Crippen molar-refractivity contribution in [1.82, 2.24) is 4.90 Å². The molecule has 2 aliphatic carbocycles. The van der Waals surface area contributed by atoms with Crippen molar-refractivity contribution in [1.29, 1.82) is 0 Å². The van der Waals surface area contributed by atoms with Crippen LogP contribution in [0.5, 0.6) is 0 Å². The molecule has 0 aliphatic heterocycles. The Bertz CT molecular complexity index is 837. The number of nitrogens with two attached hydrogens (primary N) is 1. The maximum absolute atomic E-state index is 12.8. The van der Waals surface area contributed by atoms with Crippen LogP contribution in [0.3, 0.4) is 0 Å². The topological polar surface area (TPSA) is 102 Å². The summed E-state index contributed by atoms with van der Waals surface area (Å²) in [6.07, 6.45) is 8.31. The summed E-state index contributed by atoms with van der Waals surface area (Å²) >= 11 is 0. The lowest BCUT2D eigenvalue weighted by Gasteiger charge is -2.60. The molecular weight excluding hydrogens is 402 g/mol. The number of carbonyl (C=O) groups excluding carboxylic acids is 1. The van der Waals surface area contributed by atoms with Gasteiger partial charge >= 0.3 is 0 Å². The highest BCUT2D eigenvalue weighted by Crippen LogP contribution is 2.55. The number of ether oxygens (including phenoxy) is 1. The highest BCUT2D eigenvalue weighted by molar-refractivity contribution is 7.89. The molecule has 2 aliphatic rings. The van der Waals surface area contributed by atoms with Crippen molar-refractivity contribution in [3.8, 4) is 0 Å². The fourth-order valence-corrected chi connectivity index (χ4v) is 5.87. The zero-order chi connectivity index (χ0) is 21.8. The van der Waals surface area contributed by atoms with Crippen molar-refractivity contribution in [3.63, 3.8) is 0 Å². The van der Waals surface area contributed by atoms with Gasteiger partial charge in [0.15, 0.2) is 0 Å². The molecule has 1 aromatic carbocycles. The van der Waals surface area contributed by atoms with Crippen LogP contribution in [0.25, 0.3) is 0 Å². The Hall–Kier alpha value is -1.48. The molecule has 3 N–H and O–H groups in total. The molecule has 7 nitrogen and oxygen atoms in total. The lowest BCUT2D eigenvalue weighted by molar-refractivity contribution is -0.183. The van der Waals surface area contributed by atoms with Gasteiger partial charge in [0.1, 0.15) is 0 Å². The Morgan fingerprint density at radius 3 is 2.63 bits per heavy atom. The second-order valence-electron chi connectivity index (χ2n) is 8.58. The molecule has 2 unspecified atom stereocenters. The highest BCUT2D eigenvalue weighted by atomic mass is 32.2. The minimum atomic E-state index is -3.81. The molecule has 8 heteroatoms. The van der Waals surface area contributed by atoms with Crippen LogP contribution in [-0.4, -0.2) is 51.1 Å².